The Kier molecular flexibility index (Phi) is 7.07. The van der Waals surface area contributed by atoms with Crippen LogP contribution in [0.2, 0.25) is 0 Å². The molecule has 0 N–H and O–H groups in total. The number of hydrogen-bond donors (Lipinski definition) is 0. The van der Waals surface area contributed by atoms with Gasteiger partial charge in [-0.05, 0) is 44.4 Å². The molecule has 3 aromatic rings. The van der Waals surface area contributed by atoms with Crippen LogP contribution in [0.4, 0.5) is 0 Å². The molecule has 0 fully saturated rings. The first kappa shape index (κ1) is 20.7. The molecule has 0 atom stereocenters. The zero-order valence-electron chi connectivity index (χ0n) is 16.5. The van der Waals surface area contributed by atoms with Crippen molar-refractivity contribution in [3.05, 3.63) is 41.1 Å². The summed E-state index contributed by atoms with van der Waals surface area (Å²) in [6, 6.07) is 6.93. The molecule has 0 spiro atoms. The van der Waals surface area contributed by atoms with Gasteiger partial charge in [0.05, 0.1) is 30.3 Å². The van der Waals surface area contributed by atoms with Crippen LogP contribution in [0.15, 0.2) is 34.2 Å². The Bertz CT molecular complexity index is 911. The second-order valence-corrected chi connectivity index (χ2v) is 6.61. The Morgan fingerprint density at radius 2 is 1.76 bits per heavy atom. The molecule has 0 amide bonds. The van der Waals surface area contributed by atoms with Gasteiger partial charge < -0.3 is 23.5 Å². The molecule has 2 heterocycles. The molecule has 3 rings (SSSR count). The number of carbonyl (C=O) groups is 1. The molecule has 0 saturated heterocycles. The van der Waals surface area contributed by atoms with Crippen LogP contribution in [-0.2, 0) is 11.3 Å². The predicted molar refractivity (Wildman–Crippen MR) is 107 cm³/mol. The normalized spacial score (nSPS) is 10.6. The van der Waals surface area contributed by atoms with E-state index in [0.29, 0.717) is 42.9 Å². The second-order valence-electron chi connectivity index (χ2n) is 5.67. The Balaban J connectivity index is 1.75. The van der Waals surface area contributed by atoms with E-state index in [9.17, 15) is 4.79 Å². The molecular formula is C20H22N2O6S. The van der Waals surface area contributed by atoms with Crippen LogP contribution in [0, 0.1) is 0 Å². The summed E-state index contributed by atoms with van der Waals surface area (Å²) in [4.78, 5) is 17.7. The Morgan fingerprint density at radius 1 is 1.07 bits per heavy atom. The van der Waals surface area contributed by atoms with E-state index in [1.807, 2.05) is 38.3 Å². The summed E-state index contributed by atoms with van der Waals surface area (Å²) in [6.45, 7) is 6.69. The topological polar surface area (TPSA) is 92.9 Å². The number of aromatic nitrogens is 2. The van der Waals surface area contributed by atoms with Crippen LogP contribution in [0.1, 0.15) is 37.0 Å². The number of nitrogens with zero attached hydrogens (tertiary/aromatic N) is 2. The van der Waals surface area contributed by atoms with Crippen LogP contribution in [0.25, 0.3) is 10.7 Å². The van der Waals surface area contributed by atoms with Crippen molar-refractivity contribution >= 4 is 17.3 Å². The third-order valence-electron chi connectivity index (χ3n) is 3.68. The van der Waals surface area contributed by atoms with E-state index in [0.717, 1.165) is 4.88 Å². The fraction of sp³-hybridized carbons (Fsp3) is 0.350. The first-order valence-electron chi connectivity index (χ1n) is 9.26. The monoisotopic (exact) mass is 418 g/mol. The van der Waals surface area contributed by atoms with Gasteiger partial charge in [0.1, 0.15) is 0 Å². The molecule has 9 heteroatoms. The van der Waals surface area contributed by atoms with Gasteiger partial charge in [0, 0.05) is 0 Å². The van der Waals surface area contributed by atoms with Crippen molar-refractivity contribution in [1.82, 2.24) is 10.1 Å². The molecule has 0 aliphatic heterocycles. The number of rotatable bonds is 10. The van der Waals surface area contributed by atoms with Crippen molar-refractivity contribution in [2.24, 2.45) is 0 Å². The van der Waals surface area contributed by atoms with Gasteiger partial charge in [0.15, 0.2) is 18.1 Å². The Hall–Kier alpha value is -3.07. The zero-order chi connectivity index (χ0) is 20.6. The third-order valence-corrected chi connectivity index (χ3v) is 4.55. The maximum absolute atomic E-state index is 12.6. The molecule has 0 radical (unpaired) electrons. The highest BCUT2D eigenvalue weighted by Gasteiger charge is 2.20. The quantitative estimate of drug-likeness (QED) is 0.449. The highest BCUT2D eigenvalue weighted by Crippen LogP contribution is 2.39. The summed E-state index contributed by atoms with van der Waals surface area (Å²) in [5, 5.41) is 5.81. The fourth-order valence-electron chi connectivity index (χ4n) is 2.54. The van der Waals surface area contributed by atoms with Gasteiger partial charge in [-0.2, -0.15) is 4.98 Å². The minimum absolute atomic E-state index is 0.141. The van der Waals surface area contributed by atoms with E-state index in [4.69, 9.17) is 23.5 Å². The van der Waals surface area contributed by atoms with Gasteiger partial charge >= 0.3 is 5.97 Å². The average molecular weight is 418 g/mol. The minimum atomic E-state index is -0.564. The SMILES string of the molecule is CCOc1cc(C(=O)OCc2nc(-c3cccs3)no2)cc(OCC)c1OCC. The van der Waals surface area contributed by atoms with Crippen LogP contribution >= 0.6 is 11.3 Å². The van der Waals surface area contributed by atoms with E-state index in [1.165, 1.54) is 11.3 Å². The summed E-state index contributed by atoms with van der Waals surface area (Å²) >= 11 is 1.50. The van der Waals surface area contributed by atoms with E-state index in [2.05, 4.69) is 10.1 Å². The molecule has 0 aliphatic rings. The second kappa shape index (κ2) is 9.92. The van der Waals surface area contributed by atoms with Crippen LogP contribution < -0.4 is 14.2 Å². The molecule has 0 saturated carbocycles. The molecule has 0 aliphatic carbocycles. The maximum Gasteiger partial charge on any atom is 0.338 e. The molecule has 8 nitrogen and oxygen atoms in total. The van der Waals surface area contributed by atoms with E-state index < -0.39 is 5.97 Å². The minimum Gasteiger partial charge on any atom is -0.490 e. The van der Waals surface area contributed by atoms with Gasteiger partial charge in [0.25, 0.3) is 5.89 Å². The molecule has 0 bridgehead atoms. The largest absolute Gasteiger partial charge is 0.490 e. The number of benzene rings is 1. The predicted octanol–water partition coefficient (Wildman–Crippen LogP) is 4.35. The van der Waals surface area contributed by atoms with Crippen LogP contribution in [0.3, 0.4) is 0 Å². The third kappa shape index (κ3) is 5.05. The number of esters is 1. The number of thiophene rings is 1. The number of carbonyl (C=O) groups excluding carboxylic acids is 1. The molecular weight excluding hydrogens is 396 g/mol. The van der Waals surface area contributed by atoms with E-state index in [-0.39, 0.29) is 18.1 Å². The lowest BCUT2D eigenvalue weighted by Gasteiger charge is -2.16. The summed E-state index contributed by atoms with van der Waals surface area (Å²) < 4.78 is 27.4. The molecule has 0 unspecified atom stereocenters. The van der Waals surface area contributed by atoms with Crippen molar-refractivity contribution in [2.75, 3.05) is 19.8 Å². The van der Waals surface area contributed by atoms with Crippen molar-refractivity contribution in [1.29, 1.82) is 0 Å². The summed E-state index contributed by atoms with van der Waals surface area (Å²) in [6.07, 6.45) is 0. The molecule has 2 aromatic heterocycles. The molecule has 1 aromatic carbocycles. The highest BCUT2D eigenvalue weighted by atomic mass is 32.1. The Morgan fingerprint density at radius 3 is 2.34 bits per heavy atom. The molecule has 154 valence electrons. The lowest BCUT2D eigenvalue weighted by molar-refractivity contribution is 0.0428. The average Bonchev–Trinajstić information content (AvgIpc) is 3.40. The number of hydrogen-bond acceptors (Lipinski definition) is 9. The van der Waals surface area contributed by atoms with Gasteiger partial charge in [0.2, 0.25) is 11.6 Å². The summed E-state index contributed by atoms with van der Waals surface area (Å²) in [7, 11) is 0. The van der Waals surface area contributed by atoms with Gasteiger partial charge in [-0.15, -0.1) is 11.3 Å². The smallest absolute Gasteiger partial charge is 0.338 e. The van der Waals surface area contributed by atoms with E-state index >= 15 is 0 Å². The summed E-state index contributed by atoms with van der Waals surface area (Å²) in [5.74, 6) is 1.42. The standard InChI is InChI=1S/C20H22N2O6S/c1-4-24-14-10-13(11-15(25-5-2)18(14)26-6-3)20(23)27-12-17-21-19(22-28-17)16-8-7-9-29-16/h7-11H,4-6,12H2,1-3H3. The van der Waals surface area contributed by atoms with Crippen molar-refractivity contribution in [3.63, 3.8) is 0 Å². The first-order valence-corrected chi connectivity index (χ1v) is 10.1. The lowest BCUT2D eigenvalue weighted by atomic mass is 10.2. The lowest BCUT2D eigenvalue weighted by Crippen LogP contribution is -2.09. The highest BCUT2D eigenvalue weighted by molar-refractivity contribution is 7.13. The summed E-state index contributed by atoms with van der Waals surface area (Å²) in [5.41, 5.74) is 0.276. The first-order chi connectivity index (χ1) is 14.2. The van der Waals surface area contributed by atoms with Gasteiger partial charge in [-0.25, -0.2) is 4.79 Å². The maximum atomic E-state index is 12.6. The Labute approximate surface area is 172 Å². The van der Waals surface area contributed by atoms with Gasteiger partial charge in [-0.3, -0.25) is 0 Å². The van der Waals surface area contributed by atoms with Gasteiger partial charge in [-0.1, -0.05) is 11.2 Å². The molecule has 29 heavy (non-hydrogen) atoms. The fourth-order valence-corrected chi connectivity index (χ4v) is 3.19. The zero-order valence-corrected chi connectivity index (χ0v) is 17.3. The van der Waals surface area contributed by atoms with Crippen LogP contribution in [-0.4, -0.2) is 35.9 Å². The van der Waals surface area contributed by atoms with Crippen molar-refractivity contribution < 1.29 is 28.3 Å². The van der Waals surface area contributed by atoms with E-state index in [1.54, 1.807) is 12.1 Å². The van der Waals surface area contributed by atoms with Crippen molar-refractivity contribution in [2.45, 2.75) is 27.4 Å². The van der Waals surface area contributed by atoms with Crippen LogP contribution in [0.5, 0.6) is 17.2 Å². The van der Waals surface area contributed by atoms with Crippen molar-refractivity contribution in [3.8, 4) is 28.0 Å². The number of ether oxygens (including phenoxy) is 4.